The molecule has 0 aromatic heterocycles. The van der Waals surface area contributed by atoms with Crippen LogP contribution in [0.15, 0.2) is 24.3 Å². The number of aromatic carboxylic acids is 1. The van der Waals surface area contributed by atoms with Gasteiger partial charge in [0.2, 0.25) is 0 Å². The first-order chi connectivity index (χ1) is 9.08. The minimum atomic E-state index is -1.01. The summed E-state index contributed by atoms with van der Waals surface area (Å²) in [5, 5.41) is 8.93. The molecule has 1 aliphatic carbocycles. The van der Waals surface area contributed by atoms with Gasteiger partial charge in [0, 0.05) is 19.2 Å². The molecule has 1 amide bonds. The first-order valence-electron chi connectivity index (χ1n) is 6.67. The Morgan fingerprint density at radius 1 is 1.26 bits per heavy atom. The van der Waals surface area contributed by atoms with Crippen molar-refractivity contribution in [2.45, 2.75) is 25.7 Å². The summed E-state index contributed by atoms with van der Waals surface area (Å²) in [6, 6.07) is 6.21. The molecule has 0 aliphatic heterocycles. The molecule has 1 saturated carbocycles. The summed E-state index contributed by atoms with van der Waals surface area (Å²) in [5.74, 6) is -0.514. The standard InChI is InChI=1S/C15H19NO3/c1-16(10-11-5-2-3-6-11)14(17)12-7-4-8-13(9-12)15(18)19/h4,7-9,11H,2-3,5-6,10H2,1H3,(H,18,19). The highest BCUT2D eigenvalue weighted by atomic mass is 16.4. The number of hydrogen-bond acceptors (Lipinski definition) is 2. The molecule has 1 fully saturated rings. The van der Waals surface area contributed by atoms with Gasteiger partial charge in [-0.1, -0.05) is 18.9 Å². The average Bonchev–Trinajstić information content (AvgIpc) is 2.90. The van der Waals surface area contributed by atoms with E-state index in [4.69, 9.17) is 5.11 Å². The third-order valence-corrected chi connectivity index (χ3v) is 3.71. The van der Waals surface area contributed by atoms with Gasteiger partial charge in [-0.05, 0) is 37.0 Å². The van der Waals surface area contributed by atoms with Crippen molar-refractivity contribution in [2.24, 2.45) is 5.92 Å². The van der Waals surface area contributed by atoms with E-state index in [1.54, 1.807) is 24.1 Å². The topological polar surface area (TPSA) is 57.6 Å². The van der Waals surface area contributed by atoms with E-state index in [1.165, 1.54) is 37.8 Å². The first kappa shape index (κ1) is 13.6. The third-order valence-electron chi connectivity index (χ3n) is 3.71. The second-order valence-corrected chi connectivity index (χ2v) is 5.22. The molecule has 0 unspecified atom stereocenters. The van der Waals surface area contributed by atoms with Gasteiger partial charge in [-0.15, -0.1) is 0 Å². The number of amides is 1. The van der Waals surface area contributed by atoms with Crippen LogP contribution in [-0.2, 0) is 0 Å². The van der Waals surface area contributed by atoms with E-state index >= 15 is 0 Å². The van der Waals surface area contributed by atoms with Crippen LogP contribution in [0.1, 0.15) is 46.4 Å². The number of carboxylic acid groups (broad SMARTS) is 1. The summed E-state index contributed by atoms with van der Waals surface area (Å²) in [6.07, 6.45) is 4.88. The van der Waals surface area contributed by atoms with Crippen LogP contribution in [0, 0.1) is 5.92 Å². The lowest BCUT2D eigenvalue weighted by Crippen LogP contribution is -2.31. The van der Waals surface area contributed by atoms with Crippen LogP contribution < -0.4 is 0 Å². The number of benzene rings is 1. The van der Waals surface area contributed by atoms with Crippen LogP contribution in [0.5, 0.6) is 0 Å². The number of carbonyl (C=O) groups excluding carboxylic acids is 1. The first-order valence-corrected chi connectivity index (χ1v) is 6.67. The van der Waals surface area contributed by atoms with Gasteiger partial charge >= 0.3 is 5.97 Å². The van der Waals surface area contributed by atoms with Crippen LogP contribution in [0.3, 0.4) is 0 Å². The molecule has 4 heteroatoms. The predicted octanol–water partition coefficient (Wildman–Crippen LogP) is 2.65. The molecule has 1 aromatic rings. The zero-order valence-corrected chi connectivity index (χ0v) is 11.1. The van der Waals surface area contributed by atoms with Gasteiger partial charge in [0.15, 0.2) is 0 Å². The largest absolute Gasteiger partial charge is 0.478 e. The highest BCUT2D eigenvalue weighted by Gasteiger charge is 2.20. The lowest BCUT2D eigenvalue weighted by atomic mass is 10.1. The van der Waals surface area contributed by atoms with E-state index in [0.717, 1.165) is 6.54 Å². The number of carboxylic acids is 1. The third kappa shape index (κ3) is 3.34. The van der Waals surface area contributed by atoms with E-state index in [9.17, 15) is 9.59 Å². The Labute approximate surface area is 113 Å². The van der Waals surface area contributed by atoms with Crippen molar-refractivity contribution in [2.75, 3.05) is 13.6 Å². The van der Waals surface area contributed by atoms with E-state index < -0.39 is 5.97 Å². The Hall–Kier alpha value is -1.84. The fourth-order valence-corrected chi connectivity index (χ4v) is 2.67. The van der Waals surface area contributed by atoms with E-state index in [2.05, 4.69) is 0 Å². The van der Waals surface area contributed by atoms with Crippen LogP contribution in [0.4, 0.5) is 0 Å². The molecule has 1 N–H and O–H groups in total. The summed E-state index contributed by atoms with van der Waals surface area (Å²) in [4.78, 5) is 24.8. The SMILES string of the molecule is CN(CC1CCCC1)C(=O)c1cccc(C(=O)O)c1. The summed E-state index contributed by atoms with van der Waals surface area (Å²) >= 11 is 0. The van der Waals surface area contributed by atoms with Crippen molar-refractivity contribution in [3.8, 4) is 0 Å². The molecule has 19 heavy (non-hydrogen) atoms. The smallest absolute Gasteiger partial charge is 0.335 e. The summed E-state index contributed by atoms with van der Waals surface area (Å²) in [5.41, 5.74) is 0.598. The zero-order chi connectivity index (χ0) is 13.8. The van der Waals surface area contributed by atoms with Crippen molar-refractivity contribution in [1.82, 2.24) is 4.90 Å². The summed E-state index contributed by atoms with van der Waals surface area (Å²) in [6.45, 7) is 0.760. The Kier molecular flexibility index (Phi) is 4.20. The lowest BCUT2D eigenvalue weighted by Gasteiger charge is -2.21. The molecule has 0 radical (unpaired) electrons. The van der Waals surface area contributed by atoms with Crippen LogP contribution in [0.25, 0.3) is 0 Å². The zero-order valence-electron chi connectivity index (χ0n) is 11.1. The van der Waals surface area contributed by atoms with Gasteiger partial charge in [0.1, 0.15) is 0 Å². The van der Waals surface area contributed by atoms with Gasteiger partial charge in [-0.3, -0.25) is 4.79 Å². The molecule has 1 aliphatic rings. The Balaban J connectivity index is 2.05. The maximum atomic E-state index is 12.2. The molecule has 0 spiro atoms. The number of hydrogen-bond donors (Lipinski definition) is 1. The number of rotatable bonds is 4. The number of carbonyl (C=O) groups is 2. The van der Waals surface area contributed by atoms with Crippen LogP contribution in [0.2, 0.25) is 0 Å². The molecule has 1 aromatic carbocycles. The maximum absolute atomic E-state index is 12.2. The summed E-state index contributed by atoms with van der Waals surface area (Å²) in [7, 11) is 1.79. The maximum Gasteiger partial charge on any atom is 0.335 e. The monoisotopic (exact) mass is 261 g/mol. The molecule has 2 rings (SSSR count). The highest BCUT2D eigenvalue weighted by molar-refractivity contribution is 5.97. The molecule has 0 atom stereocenters. The van der Waals surface area contributed by atoms with Gasteiger partial charge < -0.3 is 10.0 Å². The highest BCUT2D eigenvalue weighted by Crippen LogP contribution is 2.25. The fraction of sp³-hybridized carbons (Fsp3) is 0.467. The minimum absolute atomic E-state index is 0.102. The normalized spacial score (nSPS) is 15.4. The molecule has 4 nitrogen and oxygen atoms in total. The molecular weight excluding hydrogens is 242 g/mol. The quantitative estimate of drug-likeness (QED) is 0.906. The van der Waals surface area contributed by atoms with Crippen LogP contribution >= 0.6 is 0 Å². The second kappa shape index (κ2) is 5.87. The minimum Gasteiger partial charge on any atom is -0.478 e. The van der Waals surface area contributed by atoms with Crippen molar-refractivity contribution < 1.29 is 14.7 Å². The van der Waals surface area contributed by atoms with Crippen LogP contribution in [-0.4, -0.2) is 35.5 Å². The van der Waals surface area contributed by atoms with Gasteiger partial charge in [-0.2, -0.15) is 0 Å². The van der Waals surface area contributed by atoms with Gasteiger partial charge in [0.25, 0.3) is 5.91 Å². The van der Waals surface area contributed by atoms with Gasteiger partial charge in [-0.25, -0.2) is 4.79 Å². The summed E-state index contributed by atoms with van der Waals surface area (Å²) < 4.78 is 0. The molecular formula is C15H19NO3. The van der Waals surface area contributed by atoms with E-state index in [-0.39, 0.29) is 11.5 Å². The Morgan fingerprint density at radius 3 is 2.53 bits per heavy atom. The van der Waals surface area contributed by atoms with Gasteiger partial charge in [0.05, 0.1) is 5.56 Å². The van der Waals surface area contributed by atoms with Crippen molar-refractivity contribution in [3.05, 3.63) is 35.4 Å². The molecule has 0 bridgehead atoms. The molecule has 0 heterocycles. The van der Waals surface area contributed by atoms with E-state index in [0.29, 0.717) is 11.5 Å². The van der Waals surface area contributed by atoms with Crippen molar-refractivity contribution >= 4 is 11.9 Å². The molecule has 0 saturated heterocycles. The Bertz CT molecular complexity index is 478. The van der Waals surface area contributed by atoms with Crippen molar-refractivity contribution in [1.29, 1.82) is 0 Å². The number of nitrogens with zero attached hydrogens (tertiary/aromatic N) is 1. The predicted molar refractivity (Wildman–Crippen MR) is 72.3 cm³/mol. The average molecular weight is 261 g/mol. The lowest BCUT2D eigenvalue weighted by molar-refractivity contribution is 0.0697. The fourth-order valence-electron chi connectivity index (χ4n) is 2.67. The molecule has 102 valence electrons. The van der Waals surface area contributed by atoms with E-state index in [1.807, 2.05) is 0 Å². The Morgan fingerprint density at radius 2 is 1.89 bits per heavy atom. The van der Waals surface area contributed by atoms with Crippen molar-refractivity contribution in [3.63, 3.8) is 0 Å². The second-order valence-electron chi connectivity index (χ2n) is 5.22.